The van der Waals surface area contributed by atoms with Gasteiger partial charge in [0, 0.05) is 24.2 Å². The summed E-state index contributed by atoms with van der Waals surface area (Å²) in [5.74, 6) is -0.164. The first kappa shape index (κ1) is 13.7. The smallest absolute Gasteiger partial charge is 0.273 e. The fourth-order valence-corrected chi connectivity index (χ4v) is 2.89. The van der Waals surface area contributed by atoms with Crippen molar-refractivity contribution in [2.75, 3.05) is 0 Å². The second-order valence-corrected chi connectivity index (χ2v) is 5.17. The molecule has 0 radical (unpaired) electrons. The summed E-state index contributed by atoms with van der Waals surface area (Å²) in [6.07, 6.45) is 1.52. The molecule has 0 heterocycles. The summed E-state index contributed by atoms with van der Waals surface area (Å²) >= 11 is 0. The zero-order chi connectivity index (χ0) is 14.8. The molecule has 21 heavy (non-hydrogen) atoms. The summed E-state index contributed by atoms with van der Waals surface area (Å²) < 4.78 is 13.7. The number of halogens is 1. The first-order valence-corrected chi connectivity index (χ1v) is 6.90. The normalized spacial score (nSPS) is 16.7. The molecule has 0 aliphatic heterocycles. The largest absolute Gasteiger partial charge is 0.306 e. The van der Waals surface area contributed by atoms with Crippen LogP contribution in [0.3, 0.4) is 0 Å². The molecule has 0 spiro atoms. The van der Waals surface area contributed by atoms with Gasteiger partial charge in [0.1, 0.15) is 5.82 Å². The Labute approximate surface area is 121 Å². The van der Waals surface area contributed by atoms with Gasteiger partial charge in [-0.3, -0.25) is 10.1 Å². The Bertz CT molecular complexity index is 688. The SMILES string of the molecule is O=[N+]([O-])c1ccccc1CNC1CCc2c(F)cccc21. The van der Waals surface area contributed by atoms with Gasteiger partial charge in [-0.05, 0) is 30.0 Å². The summed E-state index contributed by atoms with van der Waals surface area (Å²) in [6, 6.07) is 11.8. The number of benzene rings is 2. The maximum atomic E-state index is 13.7. The van der Waals surface area contributed by atoms with Gasteiger partial charge in [0.2, 0.25) is 0 Å². The monoisotopic (exact) mass is 286 g/mol. The standard InChI is InChI=1S/C16H15FN2O2/c17-14-6-3-5-13-12(14)8-9-15(13)18-10-11-4-1-2-7-16(11)19(20)21/h1-7,15,18H,8-10H2. The lowest BCUT2D eigenvalue weighted by molar-refractivity contribution is -0.385. The Kier molecular flexibility index (Phi) is 3.66. The van der Waals surface area contributed by atoms with Gasteiger partial charge in [-0.1, -0.05) is 30.3 Å². The van der Waals surface area contributed by atoms with Crippen LogP contribution in [0.5, 0.6) is 0 Å². The molecule has 2 aromatic carbocycles. The van der Waals surface area contributed by atoms with Crippen molar-refractivity contribution in [3.8, 4) is 0 Å². The average molecular weight is 286 g/mol. The molecular weight excluding hydrogens is 271 g/mol. The van der Waals surface area contributed by atoms with E-state index in [2.05, 4.69) is 5.32 Å². The van der Waals surface area contributed by atoms with Crippen molar-refractivity contribution in [1.82, 2.24) is 5.32 Å². The molecule has 1 atom stereocenters. The van der Waals surface area contributed by atoms with E-state index < -0.39 is 0 Å². The molecular formula is C16H15FN2O2. The lowest BCUT2D eigenvalue weighted by Crippen LogP contribution is -2.19. The summed E-state index contributed by atoms with van der Waals surface area (Å²) in [5.41, 5.74) is 2.49. The third kappa shape index (κ3) is 2.64. The lowest BCUT2D eigenvalue weighted by Gasteiger charge is -2.14. The number of nitro groups is 1. The van der Waals surface area contributed by atoms with Crippen molar-refractivity contribution in [3.05, 3.63) is 75.1 Å². The van der Waals surface area contributed by atoms with Crippen LogP contribution < -0.4 is 5.32 Å². The van der Waals surface area contributed by atoms with E-state index in [1.807, 2.05) is 6.07 Å². The van der Waals surface area contributed by atoms with Gasteiger partial charge in [-0.15, -0.1) is 0 Å². The molecule has 1 aliphatic rings. The molecule has 4 nitrogen and oxygen atoms in total. The van der Waals surface area contributed by atoms with Crippen LogP contribution in [0.15, 0.2) is 42.5 Å². The van der Waals surface area contributed by atoms with Crippen molar-refractivity contribution < 1.29 is 9.31 Å². The molecule has 108 valence electrons. The fraction of sp³-hybridized carbons (Fsp3) is 0.250. The quantitative estimate of drug-likeness (QED) is 0.691. The van der Waals surface area contributed by atoms with Gasteiger partial charge in [0.15, 0.2) is 0 Å². The van der Waals surface area contributed by atoms with Crippen molar-refractivity contribution in [2.24, 2.45) is 0 Å². The first-order valence-electron chi connectivity index (χ1n) is 6.90. The van der Waals surface area contributed by atoms with E-state index in [4.69, 9.17) is 0 Å². The van der Waals surface area contributed by atoms with Crippen molar-refractivity contribution in [3.63, 3.8) is 0 Å². The number of fused-ring (bicyclic) bond motifs is 1. The minimum Gasteiger partial charge on any atom is -0.306 e. The number of rotatable bonds is 4. The fourth-order valence-electron chi connectivity index (χ4n) is 2.89. The predicted octanol–water partition coefficient (Wildman–Crippen LogP) is 3.51. The van der Waals surface area contributed by atoms with Crippen LogP contribution in [0.1, 0.15) is 29.2 Å². The van der Waals surface area contributed by atoms with Gasteiger partial charge in [0.05, 0.1) is 4.92 Å². The van der Waals surface area contributed by atoms with Crippen LogP contribution in [0.2, 0.25) is 0 Å². The molecule has 0 fully saturated rings. The Morgan fingerprint density at radius 2 is 2.05 bits per heavy atom. The minimum absolute atomic E-state index is 0.0514. The van der Waals surface area contributed by atoms with Crippen molar-refractivity contribution >= 4 is 5.69 Å². The molecule has 5 heteroatoms. The van der Waals surface area contributed by atoms with Crippen LogP contribution in [0.25, 0.3) is 0 Å². The molecule has 3 rings (SSSR count). The topological polar surface area (TPSA) is 55.2 Å². The first-order chi connectivity index (χ1) is 10.2. The maximum absolute atomic E-state index is 13.7. The lowest BCUT2D eigenvalue weighted by atomic mass is 10.1. The molecule has 2 aromatic rings. The molecule has 0 saturated carbocycles. The summed E-state index contributed by atoms with van der Waals surface area (Å²) in [5, 5.41) is 14.3. The van der Waals surface area contributed by atoms with Crippen molar-refractivity contribution in [1.29, 1.82) is 0 Å². The predicted molar refractivity (Wildman–Crippen MR) is 77.4 cm³/mol. The number of nitro benzene ring substituents is 1. The average Bonchev–Trinajstić information content (AvgIpc) is 2.90. The van der Waals surface area contributed by atoms with E-state index in [0.29, 0.717) is 18.5 Å². The summed E-state index contributed by atoms with van der Waals surface area (Å²) in [7, 11) is 0. The van der Waals surface area contributed by atoms with Gasteiger partial charge in [-0.25, -0.2) is 4.39 Å². The molecule has 1 aliphatic carbocycles. The molecule has 0 saturated heterocycles. The van der Waals surface area contributed by atoms with E-state index in [1.54, 1.807) is 24.3 Å². The Balaban J connectivity index is 1.76. The zero-order valence-corrected chi connectivity index (χ0v) is 11.4. The van der Waals surface area contributed by atoms with Gasteiger partial charge >= 0.3 is 0 Å². The van der Waals surface area contributed by atoms with Gasteiger partial charge in [-0.2, -0.15) is 0 Å². The zero-order valence-electron chi connectivity index (χ0n) is 11.4. The number of nitrogens with one attached hydrogen (secondary N) is 1. The summed E-state index contributed by atoms with van der Waals surface area (Å²) in [6.45, 7) is 0.401. The maximum Gasteiger partial charge on any atom is 0.273 e. The van der Waals surface area contributed by atoms with E-state index in [1.165, 1.54) is 12.1 Å². The summed E-state index contributed by atoms with van der Waals surface area (Å²) in [4.78, 5) is 10.6. The van der Waals surface area contributed by atoms with Crippen LogP contribution in [0.4, 0.5) is 10.1 Å². The van der Waals surface area contributed by atoms with E-state index in [9.17, 15) is 14.5 Å². The van der Waals surface area contributed by atoms with Crippen LogP contribution in [0, 0.1) is 15.9 Å². The highest BCUT2D eigenvalue weighted by molar-refractivity contribution is 5.40. The molecule has 1 unspecified atom stereocenters. The van der Waals surface area contributed by atoms with Crippen LogP contribution in [-0.2, 0) is 13.0 Å². The number of para-hydroxylation sites is 1. The molecule has 0 aromatic heterocycles. The number of hydrogen-bond acceptors (Lipinski definition) is 3. The van der Waals surface area contributed by atoms with E-state index in [0.717, 1.165) is 17.5 Å². The Hall–Kier alpha value is -2.27. The number of nitrogens with zero attached hydrogens (tertiary/aromatic N) is 1. The number of hydrogen-bond donors (Lipinski definition) is 1. The van der Waals surface area contributed by atoms with Crippen LogP contribution >= 0.6 is 0 Å². The van der Waals surface area contributed by atoms with E-state index in [-0.39, 0.29) is 22.5 Å². The van der Waals surface area contributed by atoms with Crippen molar-refractivity contribution in [2.45, 2.75) is 25.4 Å². The van der Waals surface area contributed by atoms with Gasteiger partial charge < -0.3 is 5.32 Å². The Morgan fingerprint density at radius 3 is 2.86 bits per heavy atom. The molecule has 1 N–H and O–H groups in total. The Morgan fingerprint density at radius 1 is 1.24 bits per heavy atom. The highest BCUT2D eigenvalue weighted by Crippen LogP contribution is 2.33. The molecule has 0 amide bonds. The third-order valence-corrected chi connectivity index (χ3v) is 3.94. The van der Waals surface area contributed by atoms with Gasteiger partial charge in [0.25, 0.3) is 5.69 Å². The highest BCUT2D eigenvalue weighted by atomic mass is 19.1. The minimum atomic E-state index is -0.376. The highest BCUT2D eigenvalue weighted by Gasteiger charge is 2.25. The second-order valence-electron chi connectivity index (χ2n) is 5.17. The third-order valence-electron chi connectivity index (χ3n) is 3.94. The van der Waals surface area contributed by atoms with Crippen LogP contribution in [-0.4, -0.2) is 4.92 Å². The van der Waals surface area contributed by atoms with E-state index >= 15 is 0 Å². The molecule has 0 bridgehead atoms. The second kappa shape index (κ2) is 5.61.